The van der Waals surface area contributed by atoms with Gasteiger partial charge >= 0.3 is 0 Å². The van der Waals surface area contributed by atoms with E-state index < -0.39 is 0 Å². The minimum absolute atomic E-state index is 0.331. The van der Waals surface area contributed by atoms with Crippen LogP contribution in [0.3, 0.4) is 0 Å². The number of nitrogens with zero attached hydrogens (tertiary/aromatic N) is 2. The van der Waals surface area contributed by atoms with E-state index in [0.717, 1.165) is 12.5 Å². The van der Waals surface area contributed by atoms with E-state index in [4.69, 9.17) is 0 Å². The summed E-state index contributed by atoms with van der Waals surface area (Å²) in [4.78, 5) is 6.90. The van der Waals surface area contributed by atoms with Gasteiger partial charge < -0.3 is 10.2 Å². The van der Waals surface area contributed by atoms with Crippen molar-refractivity contribution in [3.63, 3.8) is 0 Å². The fraction of sp³-hybridized carbons (Fsp3) is 0.615. The zero-order valence-corrected chi connectivity index (χ0v) is 9.82. The van der Waals surface area contributed by atoms with Crippen LogP contribution >= 0.6 is 0 Å². The molecular weight excluding hydrogens is 198 g/mol. The Bertz CT molecular complexity index is 363. The van der Waals surface area contributed by atoms with Crippen LogP contribution in [0.15, 0.2) is 29.2 Å². The second kappa shape index (κ2) is 3.96. The van der Waals surface area contributed by atoms with Crippen LogP contribution in [-0.4, -0.2) is 23.3 Å². The highest BCUT2D eigenvalue weighted by Gasteiger charge is 2.33. The van der Waals surface area contributed by atoms with E-state index >= 15 is 0 Å². The zero-order valence-electron chi connectivity index (χ0n) is 9.82. The summed E-state index contributed by atoms with van der Waals surface area (Å²) in [6, 6.07) is 0.331. The lowest BCUT2D eigenvalue weighted by Crippen LogP contribution is -2.41. The molecule has 16 heavy (non-hydrogen) atoms. The highest BCUT2D eigenvalue weighted by molar-refractivity contribution is 5.93. The number of hydrogen-bond donors (Lipinski definition) is 1. The van der Waals surface area contributed by atoms with E-state index in [1.54, 1.807) is 0 Å². The normalized spacial score (nSPS) is 27.3. The van der Waals surface area contributed by atoms with Crippen LogP contribution in [0.1, 0.15) is 32.6 Å². The monoisotopic (exact) mass is 217 g/mol. The third-order valence-electron chi connectivity index (χ3n) is 3.46. The van der Waals surface area contributed by atoms with Crippen LogP contribution < -0.4 is 5.32 Å². The van der Waals surface area contributed by atoms with Gasteiger partial charge in [-0.05, 0) is 25.3 Å². The van der Waals surface area contributed by atoms with Gasteiger partial charge in [-0.2, -0.15) is 0 Å². The van der Waals surface area contributed by atoms with Gasteiger partial charge in [0.15, 0.2) is 0 Å². The molecule has 0 aromatic carbocycles. The molecule has 2 heterocycles. The topological polar surface area (TPSA) is 27.6 Å². The molecule has 86 valence electrons. The SMILES string of the molecule is CCCCN1C=C[C@@H]2NC(C3CC3)=CN=C21. The molecule has 1 atom stereocenters. The molecule has 0 spiro atoms. The Morgan fingerprint density at radius 1 is 1.50 bits per heavy atom. The van der Waals surface area contributed by atoms with Crippen molar-refractivity contribution in [2.24, 2.45) is 10.9 Å². The highest BCUT2D eigenvalue weighted by atomic mass is 15.2. The summed E-state index contributed by atoms with van der Waals surface area (Å²) in [5.41, 5.74) is 1.34. The van der Waals surface area contributed by atoms with Crippen molar-refractivity contribution in [1.29, 1.82) is 0 Å². The van der Waals surface area contributed by atoms with Crippen LogP contribution in [0, 0.1) is 5.92 Å². The standard InChI is InChI=1S/C13H19N3/c1-2-3-7-16-8-6-11-13(16)14-9-12(15-11)10-4-5-10/h6,8-11,15H,2-5,7H2,1H3/t11-/m0/s1. The molecule has 0 bridgehead atoms. The van der Waals surface area contributed by atoms with Crippen LogP contribution in [0.2, 0.25) is 0 Å². The van der Waals surface area contributed by atoms with Gasteiger partial charge in [-0.3, -0.25) is 0 Å². The molecule has 0 unspecified atom stereocenters. The van der Waals surface area contributed by atoms with E-state index in [9.17, 15) is 0 Å². The maximum absolute atomic E-state index is 4.62. The second-order valence-electron chi connectivity index (χ2n) is 4.86. The number of fused-ring (bicyclic) bond motifs is 1. The first kappa shape index (κ1) is 9.94. The predicted molar refractivity (Wildman–Crippen MR) is 65.9 cm³/mol. The maximum Gasteiger partial charge on any atom is 0.135 e. The Morgan fingerprint density at radius 3 is 3.12 bits per heavy atom. The molecule has 3 heteroatoms. The van der Waals surface area contributed by atoms with Gasteiger partial charge in [0, 0.05) is 30.6 Å². The minimum Gasteiger partial charge on any atom is -0.374 e. The first-order chi connectivity index (χ1) is 7.88. The van der Waals surface area contributed by atoms with Crippen molar-refractivity contribution in [1.82, 2.24) is 10.2 Å². The summed E-state index contributed by atoms with van der Waals surface area (Å²) in [7, 11) is 0. The van der Waals surface area contributed by atoms with Crippen molar-refractivity contribution < 1.29 is 0 Å². The third-order valence-corrected chi connectivity index (χ3v) is 3.46. The molecule has 1 saturated carbocycles. The molecule has 2 aliphatic heterocycles. The lowest BCUT2D eigenvalue weighted by molar-refractivity contribution is 0.523. The average Bonchev–Trinajstić information content (AvgIpc) is 3.08. The molecule has 1 N–H and O–H groups in total. The van der Waals surface area contributed by atoms with Gasteiger partial charge in [0.1, 0.15) is 11.9 Å². The molecule has 0 radical (unpaired) electrons. The smallest absolute Gasteiger partial charge is 0.135 e. The molecule has 1 fully saturated rings. The number of nitrogens with one attached hydrogen (secondary N) is 1. The van der Waals surface area contributed by atoms with E-state index in [-0.39, 0.29) is 0 Å². The van der Waals surface area contributed by atoms with Crippen LogP contribution in [0.4, 0.5) is 0 Å². The number of hydrogen-bond acceptors (Lipinski definition) is 3. The molecule has 0 aromatic heterocycles. The van der Waals surface area contributed by atoms with Crippen molar-refractivity contribution in [2.75, 3.05) is 6.54 Å². The van der Waals surface area contributed by atoms with Crippen molar-refractivity contribution >= 4 is 5.84 Å². The molecule has 0 saturated heterocycles. The summed E-state index contributed by atoms with van der Waals surface area (Å²) in [6.07, 6.45) is 11.6. The maximum atomic E-state index is 4.62. The largest absolute Gasteiger partial charge is 0.374 e. The van der Waals surface area contributed by atoms with Gasteiger partial charge in [0.2, 0.25) is 0 Å². The van der Waals surface area contributed by atoms with Crippen LogP contribution in [-0.2, 0) is 0 Å². The highest BCUT2D eigenvalue weighted by Crippen LogP contribution is 2.36. The average molecular weight is 217 g/mol. The third kappa shape index (κ3) is 1.75. The second-order valence-corrected chi connectivity index (χ2v) is 4.86. The fourth-order valence-corrected chi connectivity index (χ4v) is 2.29. The predicted octanol–water partition coefficient (Wildman–Crippen LogP) is 2.24. The lowest BCUT2D eigenvalue weighted by atomic mass is 10.2. The van der Waals surface area contributed by atoms with Gasteiger partial charge in [-0.15, -0.1) is 0 Å². The number of amidine groups is 1. The first-order valence-corrected chi connectivity index (χ1v) is 6.37. The van der Waals surface area contributed by atoms with Crippen LogP contribution in [0.5, 0.6) is 0 Å². The molecule has 3 rings (SSSR count). The molecular formula is C13H19N3. The van der Waals surface area contributed by atoms with Crippen molar-refractivity contribution in [3.05, 3.63) is 24.2 Å². The summed E-state index contributed by atoms with van der Waals surface area (Å²) < 4.78 is 0. The number of unbranched alkanes of at least 4 members (excludes halogenated alkanes) is 1. The van der Waals surface area contributed by atoms with E-state index in [0.29, 0.717) is 6.04 Å². The summed E-state index contributed by atoms with van der Waals surface area (Å²) in [5, 5.41) is 3.59. The van der Waals surface area contributed by atoms with Gasteiger partial charge in [0.25, 0.3) is 0 Å². The summed E-state index contributed by atoms with van der Waals surface area (Å²) in [6.45, 7) is 3.32. The number of rotatable bonds is 4. The Hall–Kier alpha value is -1.25. The summed E-state index contributed by atoms with van der Waals surface area (Å²) >= 11 is 0. The van der Waals surface area contributed by atoms with Crippen LogP contribution in [0.25, 0.3) is 0 Å². The molecule has 3 aliphatic rings. The van der Waals surface area contributed by atoms with Crippen molar-refractivity contribution in [3.8, 4) is 0 Å². The molecule has 3 nitrogen and oxygen atoms in total. The van der Waals surface area contributed by atoms with Gasteiger partial charge in [0.05, 0.1) is 0 Å². The number of allylic oxidation sites excluding steroid dienone is 1. The lowest BCUT2D eigenvalue weighted by Gasteiger charge is -2.25. The Morgan fingerprint density at radius 2 is 2.38 bits per heavy atom. The Kier molecular flexibility index (Phi) is 2.46. The van der Waals surface area contributed by atoms with Crippen molar-refractivity contribution in [2.45, 2.75) is 38.6 Å². The summed E-state index contributed by atoms with van der Waals surface area (Å²) in [5.74, 6) is 1.95. The molecule has 0 amide bonds. The first-order valence-electron chi connectivity index (χ1n) is 6.37. The Balaban J connectivity index is 1.71. The van der Waals surface area contributed by atoms with Gasteiger partial charge in [-0.25, -0.2) is 4.99 Å². The van der Waals surface area contributed by atoms with E-state index in [1.807, 2.05) is 6.20 Å². The Labute approximate surface area is 96.9 Å². The van der Waals surface area contributed by atoms with E-state index in [1.165, 1.54) is 37.2 Å². The number of aliphatic imine (C=N–C) groups is 1. The molecule has 0 aromatic rings. The quantitative estimate of drug-likeness (QED) is 0.782. The molecule has 1 aliphatic carbocycles. The zero-order chi connectivity index (χ0) is 11.0. The van der Waals surface area contributed by atoms with Gasteiger partial charge in [-0.1, -0.05) is 13.3 Å². The van der Waals surface area contributed by atoms with E-state index in [2.05, 4.69) is 34.4 Å². The fourth-order valence-electron chi connectivity index (χ4n) is 2.29. The minimum atomic E-state index is 0.331.